The zero-order valence-electron chi connectivity index (χ0n) is 7.95. The van der Waals surface area contributed by atoms with E-state index in [0.29, 0.717) is 16.3 Å². The fraction of sp³-hybridized carbons (Fsp3) is 0.100. The highest BCUT2D eigenvalue weighted by Crippen LogP contribution is 2.34. The van der Waals surface area contributed by atoms with Crippen LogP contribution >= 0.6 is 11.3 Å². The molecule has 1 heterocycles. The molecule has 16 heavy (non-hydrogen) atoms. The van der Waals surface area contributed by atoms with Crippen LogP contribution in [0.15, 0.2) is 29.8 Å². The summed E-state index contributed by atoms with van der Waals surface area (Å²) in [5, 5.41) is 0.416. The van der Waals surface area contributed by atoms with E-state index in [1.54, 1.807) is 6.07 Å². The van der Waals surface area contributed by atoms with Gasteiger partial charge in [0.15, 0.2) is 0 Å². The Balaban J connectivity index is 2.49. The summed E-state index contributed by atoms with van der Waals surface area (Å²) in [5.41, 5.74) is 7.20. The number of hydrogen-bond acceptors (Lipinski definition) is 3. The maximum Gasteiger partial charge on any atom is 0.416 e. The van der Waals surface area contributed by atoms with Crippen molar-refractivity contribution < 1.29 is 13.2 Å². The zero-order valence-corrected chi connectivity index (χ0v) is 8.77. The molecule has 0 fully saturated rings. The number of anilines is 1. The van der Waals surface area contributed by atoms with Crippen molar-refractivity contribution in [2.24, 2.45) is 0 Å². The minimum atomic E-state index is -4.35. The normalized spacial score (nSPS) is 11.7. The number of hydrogen-bond donors (Lipinski definition) is 1. The molecule has 0 amide bonds. The quantitative estimate of drug-likeness (QED) is 0.834. The molecule has 0 spiro atoms. The van der Waals surface area contributed by atoms with Gasteiger partial charge >= 0.3 is 6.18 Å². The summed E-state index contributed by atoms with van der Waals surface area (Å²) in [6, 6.07) is 4.97. The van der Waals surface area contributed by atoms with E-state index in [9.17, 15) is 13.2 Å². The molecule has 0 saturated heterocycles. The smallest absolute Gasteiger partial charge is 0.389 e. The number of thiazole rings is 1. The lowest BCUT2D eigenvalue weighted by Gasteiger charge is -2.07. The van der Waals surface area contributed by atoms with Gasteiger partial charge in [-0.25, -0.2) is 4.98 Å². The van der Waals surface area contributed by atoms with Crippen LogP contribution in [0.2, 0.25) is 0 Å². The van der Waals surface area contributed by atoms with Gasteiger partial charge in [0.1, 0.15) is 10.7 Å². The average Bonchev–Trinajstić information content (AvgIpc) is 2.63. The third-order valence-corrected chi connectivity index (χ3v) is 2.72. The molecule has 0 bridgehead atoms. The molecule has 0 aliphatic rings. The lowest BCUT2D eigenvalue weighted by Crippen LogP contribution is -2.04. The molecule has 0 saturated carbocycles. The van der Waals surface area contributed by atoms with Crippen LogP contribution in [0, 0.1) is 0 Å². The average molecular weight is 244 g/mol. The van der Waals surface area contributed by atoms with Crippen molar-refractivity contribution in [3.05, 3.63) is 35.3 Å². The second-order valence-electron chi connectivity index (χ2n) is 3.14. The van der Waals surface area contributed by atoms with Crippen molar-refractivity contribution in [3.8, 4) is 11.3 Å². The predicted molar refractivity (Wildman–Crippen MR) is 57.0 cm³/mol. The molecule has 1 aromatic carbocycles. The summed E-state index contributed by atoms with van der Waals surface area (Å²) in [4.78, 5) is 3.94. The molecular weight excluding hydrogens is 237 g/mol. The third-order valence-electron chi connectivity index (χ3n) is 2.06. The summed E-state index contributed by atoms with van der Waals surface area (Å²) >= 11 is 1.20. The zero-order chi connectivity index (χ0) is 11.8. The number of nitrogen functional groups attached to an aromatic ring is 1. The molecule has 0 aliphatic heterocycles. The summed E-state index contributed by atoms with van der Waals surface area (Å²) in [6.07, 6.45) is -4.35. The van der Waals surface area contributed by atoms with Gasteiger partial charge in [-0.3, -0.25) is 0 Å². The Morgan fingerprint density at radius 1 is 1.25 bits per heavy atom. The van der Waals surface area contributed by atoms with Gasteiger partial charge in [0.05, 0.1) is 11.1 Å². The maximum absolute atomic E-state index is 12.5. The van der Waals surface area contributed by atoms with Crippen molar-refractivity contribution in [3.63, 3.8) is 0 Å². The molecular formula is C10H7F3N2S. The monoisotopic (exact) mass is 244 g/mol. The molecule has 0 aliphatic carbocycles. The van der Waals surface area contributed by atoms with E-state index in [4.69, 9.17) is 5.73 Å². The SMILES string of the molecule is Nc1scnc1-c1cccc(C(F)(F)F)c1. The van der Waals surface area contributed by atoms with Gasteiger partial charge in [-0.2, -0.15) is 13.2 Å². The van der Waals surface area contributed by atoms with Gasteiger partial charge in [-0.1, -0.05) is 12.1 Å². The Morgan fingerprint density at radius 3 is 2.56 bits per heavy atom. The standard InChI is InChI=1S/C10H7F3N2S/c11-10(12,13)7-3-1-2-6(4-7)8-9(14)16-5-15-8/h1-5H,14H2. The third kappa shape index (κ3) is 2.01. The number of aromatic nitrogens is 1. The van der Waals surface area contributed by atoms with Crippen LogP contribution in [0.25, 0.3) is 11.3 Å². The van der Waals surface area contributed by atoms with E-state index in [-0.39, 0.29) is 0 Å². The molecule has 0 atom stereocenters. The second-order valence-corrected chi connectivity index (χ2v) is 4.03. The van der Waals surface area contributed by atoms with Crippen molar-refractivity contribution in [1.82, 2.24) is 4.98 Å². The van der Waals surface area contributed by atoms with Crippen LogP contribution in [0.3, 0.4) is 0 Å². The molecule has 84 valence electrons. The van der Waals surface area contributed by atoms with Crippen molar-refractivity contribution in [1.29, 1.82) is 0 Å². The first kappa shape index (κ1) is 10.9. The fourth-order valence-corrected chi connectivity index (χ4v) is 1.87. The molecule has 6 heteroatoms. The Labute approximate surface area is 93.5 Å². The number of alkyl halides is 3. The number of benzene rings is 1. The highest BCUT2D eigenvalue weighted by atomic mass is 32.1. The summed E-state index contributed by atoms with van der Waals surface area (Å²) in [5.74, 6) is 0. The molecule has 1 aromatic heterocycles. The van der Waals surface area contributed by atoms with E-state index in [1.165, 1.54) is 22.9 Å². The lowest BCUT2D eigenvalue weighted by atomic mass is 10.1. The second kappa shape index (κ2) is 3.79. The van der Waals surface area contributed by atoms with E-state index in [0.717, 1.165) is 12.1 Å². The number of halogens is 3. The van der Waals surface area contributed by atoms with Gasteiger partial charge in [0, 0.05) is 5.56 Å². The first-order valence-electron chi connectivity index (χ1n) is 4.35. The first-order chi connectivity index (χ1) is 7.48. The van der Waals surface area contributed by atoms with Crippen LogP contribution in [-0.2, 0) is 6.18 Å². The number of nitrogens with zero attached hydrogens (tertiary/aromatic N) is 1. The first-order valence-corrected chi connectivity index (χ1v) is 5.23. The molecule has 2 N–H and O–H groups in total. The lowest BCUT2D eigenvalue weighted by molar-refractivity contribution is -0.137. The Morgan fingerprint density at radius 2 is 2.00 bits per heavy atom. The van der Waals surface area contributed by atoms with Gasteiger partial charge in [-0.15, -0.1) is 11.3 Å². The Hall–Kier alpha value is -1.56. The summed E-state index contributed by atoms with van der Waals surface area (Å²) in [7, 11) is 0. The highest BCUT2D eigenvalue weighted by molar-refractivity contribution is 7.14. The van der Waals surface area contributed by atoms with Crippen LogP contribution in [0.4, 0.5) is 18.2 Å². The molecule has 2 aromatic rings. The van der Waals surface area contributed by atoms with Gasteiger partial charge in [-0.05, 0) is 12.1 Å². The predicted octanol–water partition coefficient (Wildman–Crippen LogP) is 3.41. The van der Waals surface area contributed by atoms with Crippen LogP contribution in [-0.4, -0.2) is 4.98 Å². The van der Waals surface area contributed by atoms with E-state index >= 15 is 0 Å². The van der Waals surface area contributed by atoms with Gasteiger partial charge in [0.2, 0.25) is 0 Å². The van der Waals surface area contributed by atoms with Crippen molar-refractivity contribution in [2.45, 2.75) is 6.18 Å². The van der Waals surface area contributed by atoms with E-state index < -0.39 is 11.7 Å². The number of rotatable bonds is 1. The van der Waals surface area contributed by atoms with Crippen molar-refractivity contribution >= 4 is 16.3 Å². The van der Waals surface area contributed by atoms with Crippen LogP contribution < -0.4 is 5.73 Å². The molecule has 0 radical (unpaired) electrons. The largest absolute Gasteiger partial charge is 0.416 e. The highest BCUT2D eigenvalue weighted by Gasteiger charge is 2.30. The number of nitrogens with two attached hydrogens (primary N) is 1. The van der Waals surface area contributed by atoms with Gasteiger partial charge < -0.3 is 5.73 Å². The van der Waals surface area contributed by atoms with Crippen molar-refractivity contribution in [2.75, 3.05) is 5.73 Å². The minimum Gasteiger partial charge on any atom is -0.389 e. The maximum atomic E-state index is 12.5. The van der Waals surface area contributed by atoms with Crippen LogP contribution in [0.5, 0.6) is 0 Å². The topological polar surface area (TPSA) is 38.9 Å². The molecule has 0 unspecified atom stereocenters. The van der Waals surface area contributed by atoms with E-state index in [2.05, 4.69) is 4.98 Å². The fourth-order valence-electron chi connectivity index (χ4n) is 1.31. The Kier molecular flexibility index (Phi) is 2.59. The molecule has 2 nitrogen and oxygen atoms in total. The Bertz CT molecular complexity index is 505. The van der Waals surface area contributed by atoms with Crippen LogP contribution in [0.1, 0.15) is 5.56 Å². The van der Waals surface area contributed by atoms with E-state index in [1.807, 2.05) is 0 Å². The summed E-state index contributed by atoms with van der Waals surface area (Å²) < 4.78 is 37.4. The van der Waals surface area contributed by atoms with Gasteiger partial charge in [0.25, 0.3) is 0 Å². The molecule has 2 rings (SSSR count). The minimum absolute atomic E-state index is 0.383. The summed E-state index contributed by atoms with van der Waals surface area (Å²) in [6.45, 7) is 0.